The average molecular weight is 252 g/mol. The smallest absolute Gasteiger partial charge is 0.336 e. The predicted octanol–water partition coefficient (Wildman–Crippen LogP) is 2.86. The van der Waals surface area contributed by atoms with Crippen LogP contribution in [0.15, 0.2) is 12.2 Å². The van der Waals surface area contributed by atoms with Gasteiger partial charge in [0.05, 0.1) is 0 Å². The first kappa shape index (κ1) is 13.1. The van der Waals surface area contributed by atoms with Gasteiger partial charge in [-0.2, -0.15) is 8.78 Å². The van der Waals surface area contributed by atoms with Gasteiger partial charge in [-0.25, -0.2) is 18.0 Å². The Labute approximate surface area is 92.3 Å². The summed E-state index contributed by atoms with van der Waals surface area (Å²) in [6, 6.07) is 0. The van der Waals surface area contributed by atoms with Crippen molar-refractivity contribution in [3.05, 3.63) is 41.2 Å². The van der Waals surface area contributed by atoms with Crippen molar-refractivity contribution >= 4 is 5.97 Å². The number of rotatable bonds is 2. The molecule has 1 aromatic rings. The Morgan fingerprint density at radius 3 is 1.76 bits per heavy atom. The van der Waals surface area contributed by atoms with Crippen molar-refractivity contribution in [2.24, 2.45) is 0 Å². The fraction of sp³-hybridized carbons (Fsp3) is 0.100. The molecule has 0 unspecified atom stereocenters. The van der Waals surface area contributed by atoms with Crippen LogP contribution in [-0.4, -0.2) is 5.97 Å². The van der Waals surface area contributed by atoms with E-state index in [0.29, 0.717) is 0 Å². The van der Waals surface area contributed by atoms with Crippen LogP contribution in [0, 0.1) is 29.1 Å². The summed E-state index contributed by atoms with van der Waals surface area (Å²) in [7, 11) is 0. The summed E-state index contributed by atoms with van der Waals surface area (Å²) in [5.74, 6) is -13.9. The molecule has 0 aliphatic heterocycles. The number of carbonyl (C=O) groups excluding carboxylic acids is 1. The number of allylic oxidation sites excluding steroid dienone is 1. The van der Waals surface area contributed by atoms with Crippen LogP contribution in [0.5, 0.6) is 5.75 Å². The van der Waals surface area contributed by atoms with Crippen LogP contribution < -0.4 is 4.74 Å². The first-order chi connectivity index (χ1) is 7.90. The molecule has 0 radical (unpaired) electrons. The third-order valence-electron chi connectivity index (χ3n) is 1.67. The Morgan fingerprint density at radius 2 is 1.35 bits per heavy atom. The summed E-state index contributed by atoms with van der Waals surface area (Å²) in [6.07, 6.45) is 1.94. The zero-order valence-corrected chi connectivity index (χ0v) is 8.36. The summed E-state index contributed by atoms with van der Waals surface area (Å²) in [5.41, 5.74) is 0. The van der Waals surface area contributed by atoms with E-state index in [1.54, 1.807) is 0 Å². The molecular formula is C10H5F5O2. The van der Waals surface area contributed by atoms with Crippen LogP contribution in [0.25, 0.3) is 0 Å². The van der Waals surface area contributed by atoms with Gasteiger partial charge in [-0.05, 0) is 6.92 Å². The lowest BCUT2D eigenvalue weighted by molar-refractivity contribution is -0.129. The SMILES string of the molecule is CC=CC(=O)Oc1c(F)c(F)c(F)c(F)c1F. The quantitative estimate of drug-likeness (QED) is 0.202. The first-order valence-electron chi connectivity index (χ1n) is 4.26. The largest absolute Gasteiger partial charge is 0.417 e. The molecule has 0 saturated heterocycles. The second-order valence-electron chi connectivity index (χ2n) is 2.82. The third kappa shape index (κ3) is 2.43. The normalized spacial score (nSPS) is 10.9. The van der Waals surface area contributed by atoms with Crippen LogP contribution in [0.2, 0.25) is 0 Å². The fourth-order valence-electron chi connectivity index (χ4n) is 0.945. The molecule has 0 spiro atoms. The van der Waals surface area contributed by atoms with E-state index < -0.39 is 40.8 Å². The summed E-state index contributed by atoms with van der Waals surface area (Å²) >= 11 is 0. The highest BCUT2D eigenvalue weighted by Gasteiger charge is 2.28. The second-order valence-corrected chi connectivity index (χ2v) is 2.82. The van der Waals surface area contributed by atoms with E-state index in [-0.39, 0.29) is 0 Å². The number of benzene rings is 1. The molecule has 0 aliphatic carbocycles. The molecule has 17 heavy (non-hydrogen) atoms. The molecule has 0 aromatic heterocycles. The second kappa shape index (κ2) is 4.94. The van der Waals surface area contributed by atoms with Crippen LogP contribution in [0.1, 0.15) is 6.92 Å². The Kier molecular flexibility index (Phi) is 3.82. The monoisotopic (exact) mass is 252 g/mol. The lowest BCUT2D eigenvalue weighted by atomic mass is 10.2. The average Bonchev–Trinajstić information content (AvgIpc) is 2.30. The molecule has 0 bridgehead atoms. The maximum absolute atomic E-state index is 13.0. The van der Waals surface area contributed by atoms with E-state index >= 15 is 0 Å². The van der Waals surface area contributed by atoms with E-state index in [9.17, 15) is 26.7 Å². The molecule has 1 rings (SSSR count). The fourth-order valence-corrected chi connectivity index (χ4v) is 0.945. The number of hydrogen-bond donors (Lipinski definition) is 0. The molecule has 0 aliphatic rings. The number of halogens is 5. The Bertz CT molecular complexity index is 467. The topological polar surface area (TPSA) is 26.3 Å². The van der Waals surface area contributed by atoms with Gasteiger partial charge in [0.15, 0.2) is 0 Å². The van der Waals surface area contributed by atoms with E-state index in [1.165, 1.54) is 13.0 Å². The van der Waals surface area contributed by atoms with Crippen molar-refractivity contribution in [2.45, 2.75) is 6.92 Å². The van der Waals surface area contributed by atoms with Crippen molar-refractivity contribution in [1.82, 2.24) is 0 Å². The predicted molar refractivity (Wildman–Crippen MR) is 46.7 cm³/mol. The summed E-state index contributed by atoms with van der Waals surface area (Å²) in [4.78, 5) is 10.8. The van der Waals surface area contributed by atoms with Gasteiger partial charge in [0.2, 0.25) is 34.8 Å². The lowest BCUT2D eigenvalue weighted by Gasteiger charge is -2.06. The van der Waals surface area contributed by atoms with Crippen LogP contribution in [-0.2, 0) is 4.79 Å². The Morgan fingerprint density at radius 1 is 0.941 bits per heavy atom. The van der Waals surface area contributed by atoms with Gasteiger partial charge in [0.25, 0.3) is 0 Å². The molecule has 0 heterocycles. The minimum Gasteiger partial charge on any atom is -0.417 e. The minimum absolute atomic E-state index is 0.762. The summed E-state index contributed by atoms with van der Waals surface area (Å²) in [5, 5.41) is 0. The molecule has 0 saturated carbocycles. The van der Waals surface area contributed by atoms with Crippen molar-refractivity contribution in [2.75, 3.05) is 0 Å². The number of carbonyl (C=O) groups is 1. The van der Waals surface area contributed by atoms with E-state index in [4.69, 9.17) is 0 Å². The van der Waals surface area contributed by atoms with E-state index in [1.807, 2.05) is 0 Å². The van der Waals surface area contributed by atoms with Gasteiger partial charge in [-0.3, -0.25) is 0 Å². The van der Waals surface area contributed by atoms with Gasteiger partial charge in [-0.1, -0.05) is 6.08 Å². The number of esters is 1. The molecule has 0 atom stereocenters. The lowest BCUT2D eigenvalue weighted by Crippen LogP contribution is -2.11. The molecule has 0 amide bonds. The Hall–Kier alpha value is -1.92. The molecule has 7 heteroatoms. The summed E-state index contributed by atoms with van der Waals surface area (Å²) < 4.78 is 67.9. The third-order valence-corrected chi connectivity index (χ3v) is 1.67. The molecule has 2 nitrogen and oxygen atoms in total. The zero-order valence-electron chi connectivity index (χ0n) is 8.36. The first-order valence-corrected chi connectivity index (χ1v) is 4.26. The maximum atomic E-state index is 13.0. The van der Waals surface area contributed by atoms with Gasteiger partial charge < -0.3 is 4.74 Å². The maximum Gasteiger partial charge on any atom is 0.336 e. The standard InChI is InChI=1S/C10H5F5O2/c1-2-3-4(16)17-10-8(14)6(12)5(11)7(13)9(10)15/h2-3H,1H3. The van der Waals surface area contributed by atoms with Crippen molar-refractivity contribution < 1.29 is 31.5 Å². The van der Waals surface area contributed by atoms with Crippen LogP contribution >= 0.6 is 0 Å². The number of hydrogen-bond acceptors (Lipinski definition) is 2. The zero-order chi connectivity index (χ0) is 13.2. The Balaban J connectivity index is 3.30. The summed E-state index contributed by atoms with van der Waals surface area (Å²) in [6.45, 7) is 1.40. The van der Waals surface area contributed by atoms with Crippen LogP contribution in [0.4, 0.5) is 22.0 Å². The van der Waals surface area contributed by atoms with E-state index in [0.717, 1.165) is 6.08 Å². The van der Waals surface area contributed by atoms with Gasteiger partial charge >= 0.3 is 5.97 Å². The highest BCUT2D eigenvalue weighted by molar-refractivity contribution is 5.83. The van der Waals surface area contributed by atoms with Crippen molar-refractivity contribution in [3.63, 3.8) is 0 Å². The molecule has 0 N–H and O–H groups in total. The highest BCUT2D eigenvalue weighted by atomic mass is 19.2. The van der Waals surface area contributed by atoms with Crippen molar-refractivity contribution in [3.8, 4) is 5.75 Å². The van der Waals surface area contributed by atoms with Gasteiger partial charge in [0, 0.05) is 6.08 Å². The van der Waals surface area contributed by atoms with Crippen LogP contribution in [0.3, 0.4) is 0 Å². The van der Waals surface area contributed by atoms with Crippen molar-refractivity contribution in [1.29, 1.82) is 0 Å². The molecular weight excluding hydrogens is 247 g/mol. The molecule has 0 fully saturated rings. The van der Waals surface area contributed by atoms with Gasteiger partial charge in [0.1, 0.15) is 0 Å². The molecule has 92 valence electrons. The van der Waals surface area contributed by atoms with E-state index in [2.05, 4.69) is 4.74 Å². The number of ether oxygens (including phenoxy) is 1. The minimum atomic E-state index is -2.31. The highest BCUT2D eigenvalue weighted by Crippen LogP contribution is 2.29. The molecule has 1 aromatic carbocycles. The van der Waals surface area contributed by atoms with Gasteiger partial charge in [-0.15, -0.1) is 0 Å².